The summed E-state index contributed by atoms with van der Waals surface area (Å²) in [5.41, 5.74) is 4.75. The molecule has 1 N–H and O–H groups in total. The molecule has 4 nitrogen and oxygen atoms in total. The van der Waals surface area contributed by atoms with Gasteiger partial charge in [0.15, 0.2) is 0 Å². The van der Waals surface area contributed by atoms with Gasteiger partial charge in [-0.15, -0.1) is 0 Å². The zero-order chi connectivity index (χ0) is 19.2. The molecule has 0 fully saturated rings. The first-order valence-electron chi connectivity index (χ1n) is 8.82. The summed E-state index contributed by atoms with van der Waals surface area (Å²) in [5, 5.41) is 7.76. The van der Waals surface area contributed by atoms with Crippen molar-refractivity contribution in [2.75, 3.05) is 0 Å². The maximum atomic E-state index is 12.5. The minimum Gasteiger partial charge on any atom is -0.434 e. The highest BCUT2D eigenvalue weighted by molar-refractivity contribution is 5.43. The number of rotatable bonds is 8. The smallest absolute Gasteiger partial charge is 0.387 e. The Morgan fingerprint density at radius 1 is 1.00 bits per heavy atom. The third-order valence-electron chi connectivity index (χ3n) is 4.26. The normalized spacial score (nSPS) is 11.1. The zero-order valence-corrected chi connectivity index (χ0v) is 15.5. The lowest BCUT2D eigenvalue weighted by Crippen LogP contribution is -2.13. The van der Waals surface area contributed by atoms with Gasteiger partial charge in [-0.1, -0.05) is 42.5 Å². The van der Waals surface area contributed by atoms with E-state index in [0.29, 0.717) is 24.2 Å². The van der Waals surface area contributed by atoms with Crippen molar-refractivity contribution < 1.29 is 13.5 Å². The summed E-state index contributed by atoms with van der Waals surface area (Å²) in [6.45, 7) is 2.82. The topological polar surface area (TPSA) is 39.1 Å². The average Bonchev–Trinajstić information content (AvgIpc) is 3.06. The van der Waals surface area contributed by atoms with Crippen LogP contribution in [0.2, 0.25) is 0 Å². The number of hydrogen-bond donors (Lipinski definition) is 1. The maximum Gasteiger partial charge on any atom is 0.387 e. The summed E-state index contributed by atoms with van der Waals surface area (Å²) in [6.07, 6.45) is 3.88. The van der Waals surface area contributed by atoms with Gasteiger partial charge in [0.25, 0.3) is 0 Å². The highest BCUT2D eigenvalue weighted by atomic mass is 19.3. The van der Waals surface area contributed by atoms with Gasteiger partial charge < -0.3 is 10.1 Å². The van der Waals surface area contributed by atoms with Crippen molar-refractivity contribution in [2.24, 2.45) is 0 Å². The number of aromatic nitrogens is 2. The van der Waals surface area contributed by atoms with E-state index in [1.165, 1.54) is 5.56 Å². The van der Waals surface area contributed by atoms with Crippen LogP contribution in [0.1, 0.15) is 27.8 Å². The van der Waals surface area contributed by atoms with Crippen molar-refractivity contribution in [3.05, 3.63) is 82.7 Å². The van der Waals surface area contributed by atoms with Crippen molar-refractivity contribution >= 4 is 0 Å². The van der Waals surface area contributed by atoms with E-state index < -0.39 is 6.61 Å². The van der Waals surface area contributed by atoms with E-state index in [2.05, 4.69) is 27.3 Å². The first-order valence-corrected chi connectivity index (χ1v) is 8.82. The molecule has 0 unspecified atom stereocenters. The molecule has 0 bridgehead atoms. The SMILES string of the molecule is Cc1cc(CNCc2cnn(Cc3ccccc3)c2)cc(C)c1OC(F)F. The second-order valence-corrected chi connectivity index (χ2v) is 6.57. The first-order chi connectivity index (χ1) is 13.0. The standard InChI is InChI=1S/C21H23F2N3O/c1-15-8-18(9-16(2)20(15)27-21(22)23)10-24-11-19-12-25-26(14-19)13-17-6-4-3-5-7-17/h3-9,12,14,21,24H,10-11,13H2,1-2H3. The summed E-state index contributed by atoms with van der Waals surface area (Å²) in [4.78, 5) is 0. The van der Waals surface area contributed by atoms with Crippen molar-refractivity contribution in [1.29, 1.82) is 0 Å². The first kappa shape index (κ1) is 19.0. The van der Waals surface area contributed by atoms with Crippen LogP contribution < -0.4 is 10.1 Å². The second-order valence-electron chi connectivity index (χ2n) is 6.57. The molecule has 0 radical (unpaired) electrons. The maximum absolute atomic E-state index is 12.5. The van der Waals surface area contributed by atoms with Crippen molar-refractivity contribution in [2.45, 2.75) is 40.1 Å². The van der Waals surface area contributed by atoms with Gasteiger partial charge in [0.2, 0.25) is 0 Å². The summed E-state index contributed by atoms with van der Waals surface area (Å²) >= 11 is 0. The van der Waals surface area contributed by atoms with Crippen molar-refractivity contribution in [3.8, 4) is 5.75 Å². The van der Waals surface area contributed by atoms with Crippen LogP contribution in [0.3, 0.4) is 0 Å². The Bertz CT molecular complexity index is 855. The number of nitrogens with zero attached hydrogens (tertiary/aromatic N) is 2. The summed E-state index contributed by atoms with van der Waals surface area (Å²) in [5.74, 6) is 0.260. The molecule has 142 valence electrons. The Kier molecular flexibility index (Phi) is 6.19. The molecule has 1 heterocycles. The summed E-state index contributed by atoms with van der Waals surface area (Å²) in [7, 11) is 0. The number of benzene rings is 2. The Balaban J connectivity index is 1.54. The predicted octanol–water partition coefficient (Wildman–Crippen LogP) is 4.44. The fourth-order valence-corrected chi connectivity index (χ4v) is 3.12. The lowest BCUT2D eigenvalue weighted by molar-refractivity contribution is -0.0507. The molecule has 3 aromatic rings. The highest BCUT2D eigenvalue weighted by Gasteiger charge is 2.11. The number of aryl methyl sites for hydroxylation is 2. The van der Waals surface area contributed by atoms with Crippen LogP contribution >= 0.6 is 0 Å². The molecule has 0 aliphatic heterocycles. The van der Waals surface area contributed by atoms with Gasteiger partial charge in [0.1, 0.15) is 5.75 Å². The average molecular weight is 371 g/mol. The van der Waals surface area contributed by atoms with Gasteiger partial charge in [-0.3, -0.25) is 4.68 Å². The van der Waals surface area contributed by atoms with E-state index in [0.717, 1.165) is 17.7 Å². The largest absolute Gasteiger partial charge is 0.434 e. The third kappa shape index (κ3) is 5.37. The Labute approximate surface area is 157 Å². The van der Waals surface area contributed by atoms with Crippen LogP contribution in [-0.2, 0) is 19.6 Å². The van der Waals surface area contributed by atoms with Gasteiger partial charge in [-0.2, -0.15) is 13.9 Å². The van der Waals surface area contributed by atoms with E-state index in [4.69, 9.17) is 0 Å². The van der Waals surface area contributed by atoms with Crippen LogP contribution in [0.25, 0.3) is 0 Å². The number of alkyl halides is 2. The Hall–Kier alpha value is -2.73. The van der Waals surface area contributed by atoms with Crippen LogP contribution in [-0.4, -0.2) is 16.4 Å². The monoisotopic (exact) mass is 371 g/mol. The molecule has 0 aliphatic carbocycles. The minimum atomic E-state index is -2.81. The van der Waals surface area contributed by atoms with Gasteiger partial charge in [-0.05, 0) is 36.1 Å². The number of hydrogen-bond acceptors (Lipinski definition) is 3. The molecule has 2 aromatic carbocycles. The molecule has 3 rings (SSSR count). The van der Waals surface area contributed by atoms with Gasteiger partial charge in [0, 0.05) is 24.8 Å². The highest BCUT2D eigenvalue weighted by Crippen LogP contribution is 2.26. The molecular weight excluding hydrogens is 348 g/mol. The van der Waals surface area contributed by atoms with Gasteiger partial charge in [0.05, 0.1) is 12.7 Å². The van der Waals surface area contributed by atoms with Crippen LogP contribution in [0.15, 0.2) is 54.9 Å². The molecule has 0 saturated carbocycles. The fraction of sp³-hybridized carbons (Fsp3) is 0.286. The summed E-state index contributed by atoms with van der Waals surface area (Å²) < 4.78 is 31.4. The van der Waals surface area contributed by atoms with Gasteiger partial charge >= 0.3 is 6.61 Å². The lowest BCUT2D eigenvalue weighted by Gasteiger charge is -2.13. The molecule has 27 heavy (non-hydrogen) atoms. The quantitative estimate of drug-likeness (QED) is 0.636. The van der Waals surface area contributed by atoms with E-state index in [-0.39, 0.29) is 5.75 Å². The molecule has 6 heteroatoms. The molecule has 0 spiro atoms. The molecule has 0 aliphatic rings. The molecule has 0 saturated heterocycles. The number of nitrogens with one attached hydrogen (secondary N) is 1. The van der Waals surface area contributed by atoms with Gasteiger partial charge in [-0.25, -0.2) is 0 Å². The van der Waals surface area contributed by atoms with Crippen molar-refractivity contribution in [3.63, 3.8) is 0 Å². The minimum absolute atomic E-state index is 0.260. The van der Waals surface area contributed by atoms with Crippen molar-refractivity contribution in [1.82, 2.24) is 15.1 Å². The van der Waals surface area contributed by atoms with E-state index in [1.54, 1.807) is 13.8 Å². The summed E-state index contributed by atoms with van der Waals surface area (Å²) in [6, 6.07) is 13.9. The van der Waals surface area contributed by atoms with E-state index >= 15 is 0 Å². The number of ether oxygens (including phenoxy) is 1. The van der Waals surface area contributed by atoms with Crippen LogP contribution in [0.5, 0.6) is 5.75 Å². The fourth-order valence-electron chi connectivity index (χ4n) is 3.12. The molecule has 0 amide bonds. The molecule has 0 atom stereocenters. The molecule has 1 aromatic heterocycles. The Morgan fingerprint density at radius 2 is 1.67 bits per heavy atom. The van der Waals surface area contributed by atoms with E-state index in [1.807, 2.05) is 47.4 Å². The number of halogens is 2. The van der Waals surface area contributed by atoms with Crippen LogP contribution in [0, 0.1) is 13.8 Å². The van der Waals surface area contributed by atoms with Crippen LogP contribution in [0.4, 0.5) is 8.78 Å². The zero-order valence-electron chi connectivity index (χ0n) is 15.5. The molecular formula is C21H23F2N3O. The third-order valence-corrected chi connectivity index (χ3v) is 4.26. The predicted molar refractivity (Wildman–Crippen MR) is 101 cm³/mol. The Morgan fingerprint density at radius 3 is 2.33 bits per heavy atom. The second kappa shape index (κ2) is 8.77. The lowest BCUT2D eigenvalue weighted by atomic mass is 10.1. The van der Waals surface area contributed by atoms with E-state index in [9.17, 15) is 8.78 Å².